The van der Waals surface area contributed by atoms with Crippen LogP contribution >= 0.6 is 23.1 Å². The van der Waals surface area contributed by atoms with E-state index in [0.29, 0.717) is 6.42 Å². The lowest BCUT2D eigenvalue weighted by Crippen LogP contribution is -2.49. The van der Waals surface area contributed by atoms with E-state index in [4.69, 9.17) is 0 Å². The number of rotatable bonds is 9. The number of carbonyl (C=O) groups is 1. The molecular formula is C12H21N3O2S2. The Balaban J connectivity index is 2.34. The first-order valence-corrected chi connectivity index (χ1v) is 8.19. The molecule has 1 unspecified atom stereocenters. The number of aryl methyl sites for hydroxylation is 1. The van der Waals surface area contributed by atoms with E-state index in [0.717, 1.165) is 34.5 Å². The molecular weight excluding hydrogens is 282 g/mol. The summed E-state index contributed by atoms with van der Waals surface area (Å²) in [6.45, 7) is 6.44. The minimum absolute atomic E-state index is 0.618. The molecule has 1 heterocycles. The third kappa shape index (κ3) is 5.46. The van der Waals surface area contributed by atoms with Gasteiger partial charge in [-0.2, -0.15) is 0 Å². The van der Waals surface area contributed by atoms with E-state index >= 15 is 0 Å². The number of nitrogens with one attached hydrogen (secondary N) is 1. The summed E-state index contributed by atoms with van der Waals surface area (Å²) >= 11 is 3.22. The molecule has 7 heteroatoms. The molecule has 19 heavy (non-hydrogen) atoms. The molecule has 0 saturated heterocycles. The van der Waals surface area contributed by atoms with Crippen LogP contribution in [0.2, 0.25) is 0 Å². The van der Waals surface area contributed by atoms with Gasteiger partial charge in [0.2, 0.25) is 0 Å². The second-order valence-electron chi connectivity index (χ2n) is 4.60. The number of aromatic nitrogens is 2. The predicted molar refractivity (Wildman–Crippen MR) is 78.9 cm³/mol. The number of carboxylic acid groups (broad SMARTS) is 1. The minimum atomic E-state index is -0.826. The highest BCUT2D eigenvalue weighted by molar-refractivity contribution is 8.01. The van der Waals surface area contributed by atoms with Gasteiger partial charge in [0.15, 0.2) is 4.34 Å². The van der Waals surface area contributed by atoms with E-state index in [-0.39, 0.29) is 0 Å². The van der Waals surface area contributed by atoms with Crippen LogP contribution in [0.1, 0.15) is 38.1 Å². The molecule has 0 saturated carbocycles. The molecule has 1 atom stereocenters. The predicted octanol–water partition coefficient (Wildman–Crippen LogP) is 2.56. The maximum atomic E-state index is 11.3. The molecule has 0 bridgehead atoms. The Morgan fingerprint density at radius 3 is 2.79 bits per heavy atom. The number of nitrogens with zero attached hydrogens (tertiary/aromatic N) is 2. The smallest absolute Gasteiger partial charge is 0.323 e. The normalized spacial score (nSPS) is 14.3. The van der Waals surface area contributed by atoms with Gasteiger partial charge in [-0.3, -0.25) is 4.79 Å². The van der Waals surface area contributed by atoms with Crippen LogP contribution in [0.25, 0.3) is 0 Å². The average Bonchev–Trinajstić information content (AvgIpc) is 2.78. The summed E-state index contributed by atoms with van der Waals surface area (Å²) in [6, 6.07) is 0. The topological polar surface area (TPSA) is 75.1 Å². The van der Waals surface area contributed by atoms with Crippen LogP contribution in [0.5, 0.6) is 0 Å². The van der Waals surface area contributed by atoms with Crippen molar-refractivity contribution in [2.24, 2.45) is 0 Å². The number of aliphatic carboxylic acids is 1. The van der Waals surface area contributed by atoms with Crippen molar-refractivity contribution in [1.29, 1.82) is 0 Å². The lowest BCUT2D eigenvalue weighted by Gasteiger charge is -2.26. The number of hydrogen-bond acceptors (Lipinski definition) is 6. The summed E-state index contributed by atoms with van der Waals surface area (Å²) in [4.78, 5) is 11.3. The van der Waals surface area contributed by atoms with E-state index in [9.17, 15) is 9.90 Å². The lowest BCUT2D eigenvalue weighted by molar-refractivity contribution is -0.144. The highest BCUT2D eigenvalue weighted by atomic mass is 32.2. The van der Waals surface area contributed by atoms with Crippen LogP contribution in [-0.2, 0) is 4.79 Å². The second-order valence-corrected chi connectivity index (χ2v) is 7.13. The Morgan fingerprint density at radius 1 is 1.53 bits per heavy atom. The highest BCUT2D eigenvalue weighted by Gasteiger charge is 2.31. The number of carboxylic acids is 1. The van der Waals surface area contributed by atoms with Gasteiger partial charge < -0.3 is 10.4 Å². The Bertz CT molecular complexity index is 411. The zero-order valence-corrected chi connectivity index (χ0v) is 13.2. The molecule has 1 aromatic rings. The molecule has 2 N–H and O–H groups in total. The summed E-state index contributed by atoms with van der Waals surface area (Å²) in [5, 5.41) is 21.4. The van der Waals surface area contributed by atoms with Crippen LogP contribution in [0.4, 0.5) is 0 Å². The van der Waals surface area contributed by atoms with Crippen LogP contribution in [0, 0.1) is 6.92 Å². The average molecular weight is 303 g/mol. The van der Waals surface area contributed by atoms with E-state index in [1.54, 1.807) is 30.0 Å². The molecule has 5 nitrogen and oxygen atoms in total. The maximum Gasteiger partial charge on any atom is 0.323 e. The minimum Gasteiger partial charge on any atom is -0.480 e. The van der Waals surface area contributed by atoms with Crippen molar-refractivity contribution in [1.82, 2.24) is 15.5 Å². The molecule has 0 aliphatic heterocycles. The Morgan fingerprint density at radius 2 is 2.26 bits per heavy atom. The molecule has 0 radical (unpaired) electrons. The molecule has 0 fully saturated rings. The standard InChI is InChI=1S/C12H21N3O2S2/c1-4-7-13-12(3,10(16)17)6-5-8-18-11-15-14-9(2)19-11/h13H,4-8H2,1-3H3,(H,16,17). The zero-order chi connectivity index (χ0) is 14.3. The fourth-order valence-corrected chi connectivity index (χ4v) is 3.42. The molecule has 0 aromatic carbocycles. The second kappa shape index (κ2) is 7.81. The fourth-order valence-electron chi connectivity index (χ4n) is 1.59. The van der Waals surface area contributed by atoms with Crippen molar-refractivity contribution >= 4 is 29.1 Å². The molecule has 108 valence electrons. The summed E-state index contributed by atoms with van der Waals surface area (Å²) in [6.07, 6.45) is 2.39. The molecule has 0 spiro atoms. The first-order chi connectivity index (χ1) is 8.98. The molecule has 0 aliphatic rings. The molecule has 0 amide bonds. The van der Waals surface area contributed by atoms with E-state index in [2.05, 4.69) is 15.5 Å². The van der Waals surface area contributed by atoms with Crippen LogP contribution in [0.15, 0.2) is 4.34 Å². The summed E-state index contributed by atoms with van der Waals surface area (Å²) in [5.74, 6) is 0.0865. The van der Waals surface area contributed by atoms with Crippen LogP contribution in [0.3, 0.4) is 0 Å². The Kier molecular flexibility index (Phi) is 6.74. The molecule has 1 aromatic heterocycles. The number of hydrogen-bond donors (Lipinski definition) is 2. The first kappa shape index (κ1) is 16.4. The molecule has 1 rings (SSSR count). The maximum absolute atomic E-state index is 11.3. The van der Waals surface area contributed by atoms with Crippen molar-refractivity contribution in [3.8, 4) is 0 Å². The fraction of sp³-hybridized carbons (Fsp3) is 0.750. The zero-order valence-electron chi connectivity index (χ0n) is 11.6. The van der Waals surface area contributed by atoms with Crippen LogP contribution in [-0.4, -0.2) is 39.1 Å². The van der Waals surface area contributed by atoms with Crippen molar-refractivity contribution in [2.45, 2.75) is 49.9 Å². The largest absolute Gasteiger partial charge is 0.480 e. The summed E-state index contributed by atoms with van der Waals surface area (Å²) in [7, 11) is 0. The van der Waals surface area contributed by atoms with Gasteiger partial charge in [-0.05, 0) is 39.7 Å². The lowest BCUT2D eigenvalue weighted by atomic mass is 9.96. The van der Waals surface area contributed by atoms with Gasteiger partial charge in [0.25, 0.3) is 0 Å². The van der Waals surface area contributed by atoms with Crippen molar-refractivity contribution in [3.63, 3.8) is 0 Å². The van der Waals surface area contributed by atoms with E-state index in [1.807, 2.05) is 13.8 Å². The SMILES string of the molecule is CCCNC(C)(CCCSc1nnc(C)s1)C(=O)O. The van der Waals surface area contributed by atoms with Gasteiger partial charge in [0, 0.05) is 5.75 Å². The van der Waals surface area contributed by atoms with Crippen LogP contribution < -0.4 is 5.32 Å². The van der Waals surface area contributed by atoms with Crippen molar-refractivity contribution < 1.29 is 9.90 Å². The van der Waals surface area contributed by atoms with Gasteiger partial charge in [-0.15, -0.1) is 10.2 Å². The third-order valence-electron chi connectivity index (χ3n) is 2.79. The van der Waals surface area contributed by atoms with Gasteiger partial charge in [0.05, 0.1) is 0 Å². The van der Waals surface area contributed by atoms with Gasteiger partial charge in [-0.25, -0.2) is 0 Å². The van der Waals surface area contributed by atoms with E-state index in [1.165, 1.54) is 0 Å². The molecule has 0 aliphatic carbocycles. The Hall–Kier alpha value is -0.660. The summed E-state index contributed by atoms with van der Waals surface area (Å²) < 4.78 is 0.955. The quantitative estimate of drug-likeness (QED) is 0.539. The van der Waals surface area contributed by atoms with Gasteiger partial charge >= 0.3 is 5.97 Å². The van der Waals surface area contributed by atoms with Gasteiger partial charge in [0.1, 0.15) is 10.5 Å². The third-order valence-corrected chi connectivity index (χ3v) is 4.85. The Labute approximate surface area is 122 Å². The highest BCUT2D eigenvalue weighted by Crippen LogP contribution is 2.24. The first-order valence-electron chi connectivity index (χ1n) is 6.39. The monoisotopic (exact) mass is 303 g/mol. The summed E-state index contributed by atoms with van der Waals surface area (Å²) in [5.41, 5.74) is -0.826. The number of thioether (sulfide) groups is 1. The van der Waals surface area contributed by atoms with Crippen molar-refractivity contribution in [2.75, 3.05) is 12.3 Å². The van der Waals surface area contributed by atoms with E-state index < -0.39 is 11.5 Å². The van der Waals surface area contributed by atoms with Crippen molar-refractivity contribution in [3.05, 3.63) is 5.01 Å². The van der Waals surface area contributed by atoms with Gasteiger partial charge in [-0.1, -0.05) is 30.0 Å².